The first kappa shape index (κ1) is 16.6. The molecule has 1 aromatic heterocycles. The number of hydrogen-bond donors (Lipinski definition) is 0. The summed E-state index contributed by atoms with van der Waals surface area (Å²) in [7, 11) is 0. The van der Waals surface area contributed by atoms with E-state index in [0.29, 0.717) is 5.75 Å². The number of ketones is 1. The van der Waals surface area contributed by atoms with Crippen LogP contribution in [-0.4, -0.2) is 16.5 Å². The number of carbonyl (C=O) groups is 1. The zero-order valence-corrected chi connectivity index (χ0v) is 14.9. The number of carbonyl (C=O) groups excluding carboxylic acids is 1. The number of benzene rings is 3. The molecule has 0 fully saturated rings. The molecular formula is C23H17NOS. The van der Waals surface area contributed by atoms with Gasteiger partial charge in [0, 0.05) is 16.5 Å². The fourth-order valence-corrected chi connectivity index (χ4v) is 3.81. The van der Waals surface area contributed by atoms with Gasteiger partial charge in [-0.15, -0.1) is 0 Å². The number of Topliss-reactive ketones (excluding diaryl/α,β-unsaturated/α-hetero) is 1. The van der Waals surface area contributed by atoms with Gasteiger partial charge in [0.2, 0.25) is 0 Å². The van der Waals surface area contributed by atoms with E-state index in [2.05, 4.69) is 30.3 Å². The summed E-state index contributed by atoms with van der Waals surface area (Å²) < 4.78 is 0. The Morgan fingerprint density at radius 3 is 2.23 bits per heavy atom. The van der Waals surface area contributed by atoms with Crippen molar-refractivity contribution in [3.8, 4) is 11.3 Å². The van der Waals surface area contributed by atoms with Crippen molar-refractivity contribution >= 4 is 28.3 Å². The number of aromatic nitrogens is 1. The van der Waals surface area contributed by atoms with Gasteiger partial charge < -0.3 is 0 Å². The summed E-state index contributed by atoms with van der Waals surface area (Å²) in [6.07, 6.45) is 0. The van der Waals surface area contributed by atoms with Gasteiger partial charge in [0.05, 0.1) is 11.4 Å². The molecule has 3 heteroatoms. The van der Waals surface area contributed by atoms with Crippen molar-refractivity contribution in [2.24, 2.45) is 0 Å². The molecule has 4 aromatic rings. The van der Waals surface area contributed by atoms with Gasteiger partial charge in [-0.3, -0.25) is 4.79 Å². The topological polar surface area (TPSA) is 30.0 Å². The van der Waals surface area contributed by atoms with Crippen LogP contribution in [0.3, 0.4) is 0 Å². The second-order valence-electron chi connectivity index (χ2n) is 5.98. The summed E-state index contributed by atoms with van der Waals surface area (Å²) in [4.78, 5) is 17.3. The summed E-state index contributed by atoms with van der Waals surface area (Å²) in [5.74, 6) is 0.491. The molecule has 3 aromatic carbocycles. The van der Waals surface area contributed by atoms with Crippen LogP contribution in [0.4, 0.5) is 0 Å². The Hall–Kier alpha value is -2.91. The predicted molar refractivity (Wildman–Crippen MR) is 109 cm³/mol. The second-order valence-corrected chi connectivity index (χ2v) is 6.94. The van der Waals surface area contributed by atoms with Crippen LogP contribution in [0.2, 0.25) is 0 Å². The van der Waals surface area contributed by atoms with E-state index in [4.69, 9.17) is 4.98 Å². The molecule has 0 spiro atoms. The molecule has 126 valence electrons. The average molecular weight is 355 g/mol. The van der Waals surface area contributed by atoms with E-state index in [-0.39, 0.29) is 5.78 Å². The highest BCUT2D eigenvalue weighted by Crippen LogP contribution is 2.30. The van der Waals surface area contributed by atoms with Crippen LogP contribution in [0.5, 0.6) is 0 Å². The standard InChI is InChI=1S/C23H17NOS/c25-22(18-11-5-2-6-12-18)16-26-23-20-14-8-7-13-19(20)15-21(24-23)17-9-3-1-4-10-17/h1-15H,16H2. The van der Waals surface area contributed by atoms with E-state index in [1.54, 1.807) is 0 Å². The summed E-state index contributed by atoms with van der Waals surface area (Å²) in [5, 5.41) is 3.11. The highest BCUT2D eigenvalue weighted by atomic mass is 32.2. The fraction of sp³-hybridized carbons (Fsp3) is 0.0435. The first-order valence-corrected chi connectivity index (χ1v) is 9.46. The van der Waals surface area contributed by atoms with Gasteiger partial charge in [0.1, 0.15) is 5.03 Å². The Morgan fingerprint density at radius 2 is 1.46 bits per heavy atom. The van der Waals surface area contributed by atoms with Gasteiger partial charge in [0.25, 0.3) is 0 Å². The van der Waals surface area contributed by atoms with E-state index in [1.165, 1.54) is 11.8 Å². The van der Waals surface area contributed by atoms with Gasteiger partial charge in [-0.2, -0.15) is 0 Å². The smallest absolute Gasteiger partial charge is 0.173 e. The van der Waals surface area contributed by atoms with E-state index in [1.807, 2.05) is 60.7 Å². The molecule has 26 heavy (non-hydrogen) atoms. The first-order chi connectivity index (χ1) is 12.8. The summed E-state index contributed by atoms with van der Waals surface area (Å²) in [6.45, 7) is 0. The third kappa shape index (κ3) is 3.53. The van der Waals surface area contributed by atoms with Crippen molar-refractivity contribution in [2.45, 2.75) is 5.03 Å². The Morgan fingerprint density at radius 1 is 0.808 bits per heavy atom. The monoisotopic (exact) mass is 355 g/mol. The predicted octanol–water partition coefficient (Wildman–Crippen LogP) is 5.88. The van der Waals surface area contributed by atoms with Crippen LogP contribution in [0, 0.1) is 0 Å². The van der Waals surface area contributed by atoms with Gasteiger partial charge >= 0.3 is 0 Å². The van der Waals surface area contributed by atoms with Crippen LogP contribution in [0.25, 0.3) is 22.0 Å². The third-order valence-electron chi connectivity index (χ3n) is 4.21. The molecule has 0 unspecified atom stereocenters. The molecule has 1 heterocycles. The molecule has 0 radical (unpaired) electrons. The van der Waals surface area contributed by atoms with Crippen molar-refractivity contribution < 1.29 is 4.79 Å². The Kier molecular flexibility index (Phi) is 4.80. The number of rotatable bonds is 5. The highest BCUT2D eigenvalue weighted by molar-refractivity contribution is 8.00. The lowest BCUT2D eigenvalue weighted by atomic mass is 10.1. The molecule has 0 aliphatic rings. The quantitative estimate of drug-likeness (QED) is 0.331. The van der Waals surface area contributed by atoms with Crippen LogP contribution >= 0.6 is 11.8 Å². The number of pyridine rings is 1. The number of nitrogens with zero attached hydrogens (tertiary/aromatic N) is 1. The Labute approximate surface area is 156 Å². The van der Waals surface area contributed by atoms with Gasteiger partial charge in [-0.05, 0) is 11.5 Å². The second kappa shape index (κ2) is 7.54. The molecule has 0 amide bonds. The molecule has 0 bridgehead atoms. The van der Waals surface area contributed by atoms with Crippen LogP contribution in [-0.2, 0) is 0 Å². The zero-order chi connectivity index (χ0) is 17.8. The third-order valence-corrected chi connectivity index (χ3v) is 5.20. The largest absolute Gasteiger partial charge is 0.293 e. The minimum atomic E-state index is 0.117. The number of hydrogen-bond acceptors (Lipinski definition) is 3. The van der Waals surface area contributed by atoms with Crippen LogP contribution in [0.1, 0.15) is 10.4 Å². The van der Waals surface area contributed by atoms with Crippen molar-refractivity contribution in [2.75, 3.05) is 5.75 Å². The lowest BCUT2D eigenvalue weighted by molar-refractivity contribution is 0.102. The maximum Gasteiger partial charge on any atom is 0.173 e. The van der Waals surface area contributed by atoms with Gasteiger partial charge in [0.15, 0.2) is 5.78 Å². The fourth-order valence-electron chi connectivity index (χ4n) is 2.87. The molecule has 0 atom stereocenters. The van der Waals surface area contributed by atoms with Crippen molar-refractivity contribution in [1.29, 1.82) is 0 Å². The normalized spacial score (nSPS) is 10.8. The molecular weight excluding hydrogens is 338 g/mol. The molecule has 0 aliphatic heterocycles. The summed E-state index contributed by atoms with van der Waals surface area (Å²) >= 11 is 1.50. The van der Waals surface area contributed by atoms with Crippen molar-refractivity contribution in [3.63, 3.8) is 0 Å². The van der Waals surface area contributed by atoms with Crippen LogP contribution < -0.4 is 0 Å². The minimum Gasteiger partial charge on any atom is -0.293 e. The summed E-state index contributed by atoms with van der Waals surface area (Å²) in [5.41, 5.74) is 2.75. The lowest BCUT2D eigenvalue weighted by Crippen LogP contribution is -2.02. The molecule has 0 saturated carbocycles. The molecule has 0 saturated heterocycles. The molecule has 4 rings (SSSR count). The lowest BCUT2D eigenvalue weighted by Gasteiger charge is -2.09. The van der Waals surface area contributed by atoms with E-state index >= 15 is 0 Å². The van der Waals surface area contributed by atoms with Gasteiger partial charge in [-0.25, -0.2) is 4.98 Å². The SMILES string of the molecule is O=C(CSc1nc(-c2ccccc2)cc2ccccc12)c1ccccc1. The zero-order valence-electron chi connectivity index (χ0n) is 14.1. The maximum absolute atomic E-state index is 12.5. The van der Waals surface area contributed by atoms with Crippen LogP contribution in [0.15, 0.2) is 96.0 Å². The van der Waals surface area contributed by atoms with E-state index < -0.39 is 0 Å². The molecule has 0 N–H and O–H groups in total. The van der Waals surface area contributed by atoms with E-state index in [0.717, 1.165) is 32.6 Å². The van der Waals surface area contributed by atoms with Crippen molar-refractivity contribution in [3.05, 3.63) is 96.6 Å². The summed E-state index contributed by atoms with van der Waals surface area (Å²) in [6, 6.07) is 29.8. The minimum absolute atomic E-state index is 0.117. The first-order valence-electron chi connectivity index (χ1n) is 8.47. The Bertz CT molecular complexity index is 1050. The van der Waals surface area contributed by atoms with Gasteiger partial charge in [-0.1, -0.05) is 96.7 Å². The van der Waals surface area contributed by atoms with E-state index in [9.17, 15) is 4.79 Å². The molecule has 2 nitrogen and oxygen atoms in total. The highest BCUT2D eigenvalue weighted by Gasteiger charge is 2.11. The number of thioether (sulfide) groups is 1. The average Bonchev–Trinajstić information content (AvgIpc) is 2.73. The number of fused-ring (bicyclic) bond motifs is 1. The maximum atomic E-state index is 12.5. The molecule has 0 aliphatic carbocycles. The van der Waals surface area contributed by atoms with Crippen molar-refractivity contribution in [1.82, 2.24) is 4.98 Å². The Balaban J connectivity index is 1.68.